The predicted octanol–water partition coefficient (Wildman–Crippen LogP) is 5.64. The number of nitrogens with one attached hydrogen (secondary N) is 1. The van der Waals surface area contributed by atoms with Gasteiger partial charge in [-0.3, -0.25) is 4.79 Å². The van der Waals surface area contributed by atoms with Crippen LogP contribution >= 0.6 is 31.9 Å². The molecule has 100 valence electrons. The molecule has 2 aromatic rings. The van der Waals surface area contributed by atoms with E-state index in [-0.39, 0.29) is 5.78 Å². The number of ketones is 1. The van der Waals surface area contributed by atoms with Gasteiger partial charge in [0.15, 0.2) is 5.78 Å². The van der Waals surface area contributed by atoms with Crippen LogP contribution in [-0.4, -0.2) is 5.78 Å². The first kappa shape index (κ1) is 13.6. The Labute approximate surface area is 134 Å². The average molecular weight is 393 g/mol. The minimum Gasteiger partial charge on any atom is -0.354 e. The summed E-state index contributed by atoms with van der Waals surface area (Å²) in [5.74, 6) is 0.0454. The van der Waals surface area contributed by atoms with Crippen molar-refractivity contribution in [1.29, 1.82) is 0 Å². The van der Waals surface area contributed by atoms with Crippen molar-refractivity contribution >= 4 is 61.2 Å². The molecule has 3 rings (SSSR count). The number of carbonyl (C=O) groups is 1. The summed E-state index contributed by atoms with van der Waals surface area (Å²) in [6, 6.07) is 9.90. The van der Waals surface area contributed by atoms with Crippen LogP contribution in [0.15, 0.2) is 39.3 Å². The Kier molecular flexibility index (Phi) is 3.52. The predicted molar refractivity (Wildman–Crippen MR) is 90.5 cm³/mol. The molecule has 1 N–H and O–H groups in total. The van der Waals surface area contributed by atoms with Gasteiger partial charge in [0.05, 0.1) is 5.69 Å². The van der Waals surface area contributed by atoms with Crippen molar-refractivity contribution in [3.05, 3.63) is 56.0 Å². The molecule has 0 saturated carbocycles. The van der Waals surface area contributed by atoms with Crippen molar-refractivity contribution < 1.29 is 4.79 Å². The number of Topliss-reactive ketones (excluding diaryl/α,β-unsaturated/α-hetero) is 1. The lowest BCUT2D eigenvalue weighted by molar-refractivity contribution is 0.101. The van der Waals surface area contributed by atoms with Gasteiger partial charge in [0.1, 0.15) is 0 Å². The van der Waals surface area contributed by atoms with Crippen LogP contribution in [0.1, 0.15) is 28.4 Å². The maximum atomic E-state index is 11.9. The molecule has 0 amide bonds. The highest BCUT2D eigenvalue weighted by Gasteiger charge is 2.16. The SMILES string of the molecule is CC(=O)c1cc(Br)cc2c1Nc1ccc(Br)cc1C=C2. The van der Waals surface area contributed by atoms with Crippen LogP contribution in [-0.2, 0) is 0 Å². The molecule has 0 fully saturated rings. The fourth-order valence-electron chi connectivity index (χ4n) is 2.28. The third-order valence-electron chi connectivity index (χ3n) is 3.23. The second kappa shape index (κ2) is 5.19. The van der Waals surface area contributed by atoms with Crippen LogP contribution in [0.4, 0.5) is 11.4 Å². The molecule has 1 aliphatic heterocycles. The number of fused-ring (bicyclic) bond motifs is 2. The van der Waals surface area contributed by atoms with Crippen LogP contribution in [0.2, 0.25) is 0 Å². The molecule has 0 saturated heterocycles. The zero-order chi connectivity index (χ0) is 14.3. The summed E-state index contributed by atoms with van der Waals surface area (Å²) in [6.45, 7) is 1.58. The molecule has 0 unspecified atom stereocenters. The lowest BCUT2D eigenvalue weighted by Crippen LogP contribution is -2.02. The summed E-state index contributed by atoms with van der Waals surface area (Å²) in [6.07, 6.45) is 4.08. The zero-order valence-electron chi connectivity index (χ0n) is 10.7. The van der Waals surface area contributed by atoms with Gasteiger partial charge in [0.2, 0.25) is 0 Å². The minimum atomic E-state index is 0.0454. The molecular formula is C16H11Br2NO. The van der Waals surface area contributed by atoms with Crippen LogP contribution in [0.5, 0.6) is 0 Å². The lowest BCUT2D eigenvalue weighted by atomic mass is 10.0. The zero-order valence-corrected chi connectivity index (χ0v) is 13.9. The topological polar surface area (TPSA) is 29.1 Å². The second-order valence-corrected chi connectivity index (χ2v) is 6.50. The molecule has 0 bridgehead atoms. The highest BCUT2D eigenvalue weighted by molar-refractivity contribution is 9.10. The third-order valence-corrected chi connectivity index (χ3v) is 4.18. The van der Waals surface area contributed by atoms with Gasteiger partial charge < -0.3 is 5.32 Å². The Morgan fingerprint density at radius 2 is 1.70 bits per heavy atom. The van der Waals surface area contributed by atoms with E-state index in [4.69, 9.17) is 0 Å². The Bertz CT molecular complexity index is 750. The summed E-state index contributed by atoms with van der Waals surface area (Å²) < 4.78 is 1.93. The normalized spacial score (nSPS) is 12.2. The maximum absolute atomic E-state index is 11.9. The number of carbonyl (C=O) groups excluding carboxylic acids is 1. The Balaban J connectivity index is 2.23. The van der Waals surface area contributed by atoms with E-state index in [1.54, 1.807) is 6.92 Å². The molecule has 0 spiro atoms. The van der Waals surface area contributed by atoms with Gasteiger partial charge in [0.25, 0.3) is 0 Å². The van der Waals surface area contributed by atoms with Crippen molar-refractivity contribution in [1.82, 2.24) is 0 Å². The van der Waals surface area contributed by atoms with Gasteiger partial charge in [-0.05, 0) is 48.4 Å². The average Bonchev–Trinajstić information content (AvgIpc) is 2.57. The van der Waals surface area contributed by atoms with Gasteiger partial charge >= 0.3 is 0 Å². The van der Waals surface area contributed by atoms with E-state index in [2.05, 4.69) is 43.3 Å². The monoisotopic (exact) mass is 391 g/mol. The van der Waals surface area contributed by atoms with E-state index < -0.39 is 0 Å². The van der Waals surface area contributed by atoms with E-state index in [0.717, 1.165) is 31.4 Å². The minimum absolute atomic E-state index is 0.0454. The van der Waals surface area contributed by atoms with Gasteiger partial charge in [-0.1, -0.05) is 44.0 Å². The Morgan fingerprint density at radius 1 is 1.00 bits per heavy atom. The fourth-order valence-corrected chi connectivity index (χ4v) is 3.13. The molecule has 0 aromatic heterocycles. The lowest BCUT2D eigenvalue weighted by Gasteiger charge is -2.14. The molecule has 2 nitrogen and oxygen atoms in total. The van der Waals surface area contributed by atoms with E-state index in [1.165, 1.54) is 0 Å². The standard InChI is InChI=1S/C16H11Br2NO/c1-9(20)14-8-13(18)7-11-3-2-10-6-12(17)4-5-15(10)19-16(11)14/h2-8,19H,1H3. The van der Waals surface area contributed by atoms with Crippen LogP contribution in [0.3, 0.4) is 0 Å². The number of halogens is 2. The van der Waals surface area contributed by atoms with Crippen molar-refractivity contribution in [3.63, 3.8) is 0 Å². The molecule has 0 aliphatic carbocycles. The number of hydrogen-bond donors (Lipinski definition) is 1. The van der Waals surface area contributed by atoms with Gasteiger partial charge in [-0.2, -0.15) is 0 Å². The molecule has 20 heavy (non-hydrogen) atoms. The van der Waals surface area contributed by atoms with Crippen molar-refractivity contribution in [2.75, 3.05) is 5.32 Å². The quantitative estimate of drug-likeness (QED) is 0.542. The number of benzene rings is 2. The summed E-state index contributed by atoms with van der Waals surface area (Å²) in [5, 5.41) is 3.38. The highest BCUT2D eigenvalue weighted by Crippen LogP contribution is 2.36. The summed E-state index contributed by atoms with van der Waals surface area (Å²) >= 11 is 6.94. The summed E-state index contributed by atoms with van der Waals surface area (Å²) in [4.78, 5) is 11.9. The van der Waals surface area contributed by atoms with Crippen LogP contribution < -0.4 is 5.32 Å². The molecule has 1 heterocycles. The number of rotatable bonds is 1. The molecule has 0 radical (unpaired) electrons. The molecule has 2 aromatic carbocycles. The van der Waals surface area contributed by atoms with Crippen LogP contribution in [0, 0.1) is 0 Å². The smallest absolute Gasteiger partial charge is 0.161 e. The summed E-state index contributed by atoms with van der Waals surface area (Å²) in [7, 11) is 0. The fraction of sp³-hybridized carbons (Fsp3) is 0.0625. The maximum Gasteiger partial charge on any atom is 0.161 e. The third kappa shape index (κ3) is 2.45. The Morgan fingerprint density at radius 3 is 2.45 bits per heavy atom. The van der Waals surface area contributed by atoms with Gasteiger partial charge in [0, 0.05) is 20.2 Å². The second-order valence-electron chi connectivity index (χ2n) is 4.66. The van der Waals surface area contributed by atoms with E-state index in [1.807, 2.05) is 36.4 Å². The van der Waals surface area contributed by atoms with E-state index in [0.29, 0.717) is 5.56 Å². The van der Waals surface area contributed by atoms with Gasteiger partial charge in [-0.25, -0.2) is 0 Å². The van der Waals surface area contributed by atoms with Crippen molar-refractivity contribution in [2.45, 2.75) is 6.92 Å². The highest BCUT2D eigenvalue weighted by atomic mass is 79.9. The first-order valence-electron chi connectivity index (χ1n) is 6.14. The van der Waals surface area contributed by atoms with Gasteiger partial charge in [-0.15, -0.1) is 0 Å². The van der Waals surface area contributed by atoms with E-state index >= 15 is 0 Å². The molecule has 4 heteroatoms. The Hall–Kier alpha value is -1.39. The van der Waals surface area contributed by atoms with E-state index in [9.17, 15) is 4.79 Å². The number of hydrogen-bond acceptors (Lipinski definition) is 2. The van der Waals surface area contributed by atoms with Crippen LogP contribution in [0.25, 0.3) is 12.2 Å². The number of anilines is 2. The first-order chi connectivity index (χ1) is 9.54. The molecule has 0 atom stereocenters. The van der Waals surface area contributed by atoms with Crippen molar-refractivity contribution in [2.24, 2.45) is 0 Å². The largest absolute Gasteiger partial charge is 0.354 e. The molecule has 1 aliphatic rings. The first-order valence-corrected chi connectivity index (χ1v) is 7.72. The summed E-state index contributed by atoms with van der Waals surface area (Å²) in [5.41, 5.74) is 4.62. The van der Waals surface area contributed by atoms with Crippen molar-refractivity contribution in [3.8, 4) is 0 Å². The molecular weight excluding hydrogens is 382 g/mol.